The number of benzene rings is 1. The molecule has 1 aromatic rings. The van der Waals surface area contributed by atoms with E-state index in [0.717, 1.165) is 30.7 Å². The Morgan fingerprint density at radius 3 is 2.70 bits per heavy atom. The van der Waals surface area contributed by atoms with Gasteiger partial charge in [-0.05, 0) is 49.9 Å². The van der Waals surface area contributed by atoms with Crippen molar-refractivity contribution < 1.29 is 4.21 Å². The Kier molecular flexibility index (Phi) is 5.91. The molecule has 5 heteroatoms. The van der Waals surface area contributed by atoms with Crippen LogP contribution in [0.15, 0.2) is 23.1 Å². The van der Waals surface area contributed by atoms with E-state index in [9.17, 15) is 4.21 Å². The Hall–Kier alpha value is -0.0900. The molecule has 0 spiro atoms. The molecule has 0 amide bonds. The van der Waals surface area contributed by atoms with Gasteiger partial charge in [-0.2, -0.15) is 0 Å². The van der Waals surface area contributed by atoms with Gasteiger partial charge in [0.25, 0.3) is 0 Å². The van der Waals surface area contributed by atoms with E-state index in [1.165, 1.54) is 0 Å². The smallest absolute Gasteiger partial charge is 0.0604 e. The molecule has 2 rings (SSSR count). The van der Waals surface area contributed by atoms with Gasteiger partial charge in [0.05, 0.1) is 20.8 Å². The van der Waals surface area contributed by atoms with Crippen LogP contribution in [0.3, 0.4) is 0 Å². The molecule has 0 heterocycles. The first-order valence-corrected chi connectivity index (χ1v) is 9.10. The molecule has 1 saturated carbocycles. The summed E-state index contributed by atoms with van der Waals surface area (Å²) in [6.07, 6.45) is 3.22. The minimum absolute atomic E-state index is 0.196. The van der Waals surface area contributed by atoms with Crippen molar-refractivity contribution in [3.05, 3.63) is 28.2 Å². The fraction of sp³-hybridized carbons (Fsp3) is 0.600. The topological polar surface area (TPSA) is 29.1 Å². The van der Waals surface area contributed by atoms with Crippen molar-refractivity contribution in [1.82, 2.24) is 5.32 Å². The number of hydrogen-bond donors (Lipinski definition) is 1. The largest absolute Gasteiger partial charge is 0.314 e. The lowest BCUT2D eigenvalue weighted by molar-refractivity contribution is 0.429. The van der Waals surface area contributed by atoms with E-state index < -0.39 is 10.8 Å². The van der Waals surface area contributed by atoms with Crippen molar-refractivity contribution in [2.24, 2.45) is 5.92 Å². The molecule has 1 aliphatic rings. The first-order chi connectivity index (χ1) is 9.54. The SMILES string of the molecule is CCCNC1CCC(S(=O)c2ccc(Cl)c(Cl)c2)C1C. The van der Waals surface area contributed by atoms with E-state index in [1.807, 2.05) is 6.07 Å². The molecule has 0 aromatic heterocycles. The normalized spacial score (nSPS) is 27.7. The lowest BCUT2D eigenvalue weighted by Gasteiger charge is -2.21. The van der Waals surface area contributed by atoms with Gasteiger partial charge in [0.15, 0.2) is 0 Å². The molecule has 0 radical (unpaired) electrons. The molecule has 1 N–H and O–H groups in total. The van der Waals surface area contributed by atoms with Crippen LogP contribution >= 0.6 is 23.2 Å². The van der Waals surface area contributed by atoms with Gasteiger partial charge >= 0.3 is 0 Å². The van der Waals surface area contributed by atoms with Crippen LogP contribution in [0.25, 0.3) is 0 Å². The zero-order valence-corrected chi connectivity index (χ0v) is 14.2. The lowest BCUT2D eigenvalue weighted by Crippen LogP contribution is -2.35. The van der Waals surface area contributed by atoms with Crippen LogP contribution in [0.2, 0.25) is 10.0 Å². The fourth-order valence-electron chi connectivity index (χ4n) is 2.83. The van der Waals surface area contributed by atoms with Gasteiger partial charge in [0, 0.05) is 16.2 Å². The van der Waals surface area contributed by atoms with Crippen molar-refractivity contribution >= 4 is 34.0 Å². The number of hydrogen-bond acceptors (Lipinski definition) is 2. The predicted octanol–water partition coefficient (Wildman–Crippen LogP) is 4.27. The second-order valence-corrected chi connectivity index (χ2v) is 7.89. The molecule has 112 valence electrons. The third-order valence-corrected chi connectivity index (χ3v) is 6.71. The van der Waals surface area contributed by atoms with Gasteiger partial charge < -0.3 is 5.32 Å². The van der Waals surface area contributed by atoms with Gasteiger partial charge in [0.2, 0.25) is 0 Å². The molecule has 4 unspecified atom stereocenters. The average molecular weight is 334 g/mol. The molecule has 20 heavy (non-hydrogen) atoms. The maximum Gasteiger partial charge on any atom is 0.0604 e. The van der Waals surface area contributed by atoms with E-state index in [1.54, 1.807) is 12.1 Å². The second kappa shape index (κ2) is 7.26. The Morgan fingerprint density at radius 2 is 2.05 bits per heavy atom. The summed E-state index contributed by atoms with van der Waals surface area (Å²) in [4.78, 5) is 0.785. The summed E-state index contributed by atoms with van der Waals surface area (Å²) in [5.74, 6) is 0.414. The standard InChI is InChI=1S/C15H21Cl2NOS/c1-3-8-18-14-6-7-15(10(14)2)20(19)11-4-5-12(16)13(17)9-11/h4-5,9-10,14-15,18H,3,6-8H2,1-2H3. The Morgan fingerprint density at radius 1 is 1.30 bits per heavy atom. The highest BCUT2D eigenvalue weighted by molar-refractivity contribution is 7.85. The number of nitrogens with one attached hydrogen (secondary N) is 1. The van der Waals surface area contributed by atoms with E-state index in [-0.39, 0.29) is 5.25 Å². The molecule has 1 fully saturated rings. The molecule has 1 aliphatic carbocycles. The lowest BCUT2D eigenvalue weighted by atomic mass is 10.1. The highest BCUT2D eigenvalue weighted by Gasteiger charge is 2.36. The van der Waals surface area contributed by atoms with E-state index in [2.05, 4.69) is 19.2 Å². The summed E-state index contributed by atoms with van der Waals surface area (Å²) in [5, 5.41) is 4.74. The minimum atomic E-state index is -1.02. The molecule has 0 bridgehead atoms. The van der Waals surface area contributed by atoms with Gasteiger partial charge in [-0.25, -0.2) is 0 Å². The summed E-state index contributed by atoms with van der Waals surface area (Å²) < 4.78 is 12.7. The quantitative estimate of drug-likeness (QED) is 0.871. The first kappa shape index (κ1) is 16.3. The Labute approximate surface area is 133 Å². The molecule has 4 atom stereocenters. The average Bonchev–Trinajstić information content (AvgIpc) is 2.80. The third kappa shape index (κ3) is 3.56. The van der Waals surface area contributed by atoms with Crippen LogP contribution in [0.5, 0.6) is 0 Å². The van der Waals surface area contributed by atoms with Crippen LogP contribution in [0, 0.1) is 5.92 Å². The highest BCUT2D eigenvalue weighted by Crippen LogP contribution is 2.34. The number of halogens is 2. The maximum absolute atomic E-state index is 12.7. The summed E-state index contributed by atoms with van der Waals surface area (Å²) in [7, 11) is -1.02. The highest BCUT2D eigenvalue weighted by atomic mass is 35.5. The summed E-state index contributed by atoms with van der Waals surface area (Å²) >= 11 is 11.9. The van der Waals surface area contributed by atoms with Crippen LogP contribution in [0.1, 0.15) is 33.1 Å². The second-order valence-electron chi connectivity index (χ2n) is 5.41. The molecule has 2 nitrogen and oxygen atoms in total. The molecular weight excluding hydrogens is 313 g/mol. The van der Waals surface area contributed by atoms with Gasteiger partial charge in [-0.15, -0.1) is 0 Å². The van der Waals surface area contributed by atoms with Gasteiger partial charge in [-0.1, -0.05) is 37.0 Å². The van der Waals surface area contributed by atoms with Crippen LogP contribution in [0.4, 0.5) is 0 Å². The molecule has 0 aliphatic heterocycles. The van der Waals surface area contributed by atoms with Crippen molar-refractivity contribution in [2.75, 3.05) is 6.54 Å². The first-order valence-electron chi connectivity index (χ1n) is 7.13. The van der Waals surface area contributed by atoms with Gasteiger partial charge in [-0.3, -0.25) is 4.21 Å². The van der Waals surface area contributed by atoms with Crippen molar-refractivity contribution in [1.29, 1.82) is 0 Å². The summed E-state index contributed by atoms with van der Waals surface area (Å²) in [6.45, 7) is 5.39. The molecular formula is C15H21Cl2NOS. The maximum atomic E-state index is 12.7. The molecule has 0 saturated heterocycles. The number of rotatable bonds is 5. The van der Waals surface area contributed by atoms with Crippen molar-refractivity contribution in [2.45, 2.75) is 49.3 Å². The van der Waals surface area contributed by atoms with Crippen LogP contribution in [-0.4, -0.2) is 22.0 Å². The monoisotopic (exact) mass is 333 g/mol. The van der Waals surface area contributed by atoms with E-state index in [0.29, 0.717) is 22.0 Å². The van der Waals surface area contributed by atoms with Crippen molar-refractivity contribution in [3.8, 4) is 0 Å². The summed E-state index contributed by atoms with van der Waals surface area (Å²) in [5.41, 5.74) is 0. The Bertz CT molecular complexity index is 495. The third-order valence-electron chi connectivity index (χ3n) is 4.04. The molecule has 1 aromatic carbocycles. The zero-order chi connectivity index (χ0) is 14.7. The van der Waals surface area contributed by atoms with E-state index in [4.69, 9.17) is 23.2 Å². The van der Waals surface area contributed by atoms with Crippen LogP contribution < -0.4 is 5.32 Å². The van der Waals surface area contributed by atoms with Gasteiger partial charge in [0.1, 0.15) is 0 Å². The van der Waals surface area contributed by atoms with Crippen molar-refractivity contribution in [3.63, 3.8) is 0 Å². The Balaban J connectivity index is 2.08. The minimum Gasteiger partial charge on any atom is -0.314 e. The fourth-order valence-corrected chi connectivity index (χ4v) is 4.90. The van der Waals surface area contributed by atoms with E-state index >= 15 is 0 Å². The summed E-state index contributed by atoms with van der Waals surface area (Å²) in [6, 6.07) is 5.76. The van der Waals surface area contributed by atoms with Crippen LogP contribution in [-0.2, 0) is 10.8 Å². The predicted molar refractivity (Wildman–Crippen MR) is 87.1 cm³/mol. The zero-order valence-electron chi connectivity index (χ0n) is 11.9.